The molecule has 1 aromatic heterocycles. The summed E-state index contributed by atoms with van der Waals surface area (Å²) < 4.78 is 27.6. The Balaban J connectivity index is 2.02. The van der Waals surface area contributed by atoms with Gasteiger partial charge in [0.15, 0.2) is 0 Å². The smallest absolute Gasteiger partial charge is 0.270 e. The molecule has 0 aliphatic carbocycles. The van der Waals surface area contributed by atoms with Crippen molar-refractivity contribution in [3.8, 4) is 0 Å². The van der Waals surface area contributed by atoms with Crippen molar-refractivity contribution in [2.75, 3.05) is 6.61 Å². The van der Waals surface area contributed by atoms with E-state index in [1.54, 1.807) is 0 Å². The summed E-state index contributed by atoms with van der Waals surface area (Å²) in [6, 6.07) is 1.36. The molecule has 1 aromatic rings. The Hall–Kier alpha value is -0.630. The monoisotopic (exact) mass is 323 g/mol. The highest BCUT2D eigenvalue weighted by atomic mass is 35.7. The number of nitrogens with one attached hydrogen (secondary N) is 1. The predicted molar refractivity (Wildman–Crippen MR) is 73.3 cm³/mol. The maximum Gasteiger partial charge on any atom is 0.270 e. The second kappa shape index (κ2) is 5.78. The minimum absolute atomic E-state index is 0.0142. The first-order valence-electron chi connectivity index (χ1n) is 5.82. The van der Waals surface area contributed by atoms with Crippen molar-refractivity contribution in [2.24, 2.45) is 0 Å². The Morgan fingerprint density at radius 1 is 1.58 bits per heavy atom. The van der Waals surface area contributed by atoms with Gasteiger partial charge in [0.2, 0.25) is 0 Å². The number of ether oxygens (including phenoxy) is 1. The minimum Gasteiger partial charge on any atom is -0.378 e. The van der Waals surface area contributed by atoms with Crippen molar-refractivity contribution in [1.82, 2.24) is 5.32 Å². The number of halogens is 1. The second-order valence-electron chi connectivity index (χ2n) is 4.47. The molecule has 2 unspecified atom stereocenters. The Morgan fingerprint density at radius 3 is 2.89 bits per heavy atom. The van der Waals surface area contributed by atoms with E-state index in [1.165, 1.54) is 11.4 Å². The lowest BCUT2D eigenvalue weighted by atomic mass is 10.0. The van der Waals surface area contributed by atoms with E-state index in [2.05, 4.69) is 5.32 Å². The fourth-order valence-corrected chi connectivity index (χ4v) is 3.91. The van der Waals surface area contributed by atoms with Crippen molar-refractivity contribution in [3.63, 3.8) is 0 Å². The molecule has 0 radical (unpaired) electrons. The highest BCUT2D eigenvalue weighted by Gasteiger charge is 2.23. The Morgan fingerprint density at radius 2 is 2.32 bits per heavy atom. The van der Waals surface area contributed by atoms with E-state index in [1.807, 2.05) is 6.92 Å². The predicted octanol–water partition coefficient (Wildman–Crippen LogP) is 1.97. The number of carbonyl (C=O) groups excluding carboxylic acids is 1. The molecule has 0 aromatic carbocycles. The summed E-state index contributed by atoms with van der Waals surface area (Å²) >= 11 is 0.942. The topological polar surface area (TPSA) is 72.5 Å². The largest absolute Gasteiger partial charge is 0.378 e. The summed E-state index contributed by atoms with van der Waals surface area (Å²) in [5, 5.41) is 4.37. The lowest BCUT2D eigenvalue weighted by Crippen LogP contribution is -2.41. The van der Waals surface area contributed by atoms with Gasteiger partial charge in [-0.3, -0.25) is 4.79 Å². The number of hydrogen-bond donors (Lipinski definition) is 1. The van der Waals surface area contributed by atoms with Gasteiger partial charge < -0.3 is 10.1 Å². The Kier molecular flexibility index (Phi) is 4.50. The Labute approximate surface area is 120 Å². The van der Waals surface area contributed by atoms with Crippen LogP contribution >= 0.6 is 22.0 Å². The average Bonchev–Trinajstić information content (AvgIpc) is 2.77. The average molecular weight is 324 g/mol. The van der Waals surface area contributed by atoms with Crippen LogP contribution < -0.4 is 5.32 Å². The van der Waals surface area contributed by atoms with Crippen LogP contribution in [0.15, 0.2) is 15.7 Å². The number of rotatable bonds is 3. The van der Waals surface area contributed by atoms with Crippen molar-refractivity contribution in [3.05, 3.63) is 17.0 Å². The molecule has 2 rings (SSSR count). The van der Waals surface area contributed by atoms with Crippen LogP contribution in [0.4, 0.5) is 0 Å². The normalized spacial score (nSPS) is 24.1. The van der Waals surface area contributed by atoms with E-state index in [0.29, 0.717) is 12.2 Å². The van der Waals surface area contributed by atoms with E-state index < -0.39 is 9.05 Å². The molecule has 106 valence electrons. The SMILES string of the molecule is CC1CC(NC(=O)c2csc(S(=O)(=O)Cl)c2)CCO1. The van der Waals surface area contributed by atoms with E-state index in [-0.39, 0.29) is 22.3 Å². The maximum absolute atomic E-state index is 12.0. The van der Waals surface area contributed by atoms with Gasteiger partial charge in [0.1, 0.15) is 4.21 Å². The molecule has 2 heterocycles. The van der Waals surface area contributed by atoms with Crippen LogP contribution in [-0.4, -0.2) is 33.1 Å². The van der Waals surface area contributed by atoms with Crippen LogP contribution in [0.1, 0.15) is 30.1 Å². The molecule has 0 spiro atoms. The molecule has 0 bridgehead atoms. The lowest BCUT2D eigenvalue weighted by Gasteiger charge is -2.27. The van der Waals surface area contributed by atoms with Crippen molar-refractivity contribution >= 4 is 37.0 Å². The van der Waals surface area contributed by atoms with E-state index in [9.17, 15) is 13.2 Å². The van der Waals surface area contributed by atoms with Crippen LogP contribution in [0.25, 0.3) is 0 Å². The number of thiophene rings is 1. The molecular weight excluding hydrogens is 310 g/mol. The van der Waals surface area contributed by atoms with Crippen molar-refractivity contribution in [2.45, 2.75) is 36.1 Å². The second-order valence-corrected chi connectivity index (χ2v) is 8.17. The van der Waals surface area contributed by atoms with Gasteiger partial charge in [-0.1, -0.05) is 0 Å². The van der Waals surface area contributed by atoms with Gasteiger partial charge in [0.05, 0.1) is 11.7 Å². The molecule has 1 fully saturated rings. The van der Waals surface area contributed by atoms with Gasteiger partial charge in [-0.15, -0.1) is 11.3 Å². The molecular formula is C11H14ClNO4S2. The summed E-state index contributed by atoms with van der Waals surface area (Å²) in [4.78, 5) is 12.0. The zero-order valence-corrected chi connectivity index (χ0v) is 12.6. The molecule has 1 saturated heterocycles. The van der Waals surface area contributed by atoms with Crippen LogP contribution in [-0.2, 0) is 13.8 Å². The number of carbonyl (C=O) groups is 1. The van der Waals surface area contributed by atoms with Crippen molar-refractivity contribution in [1.29, 1.82) is 0 Å². The van der Waals surface area contributed by atoms with Gasteiger partial charge in [-0.2, -0.15) is 0 Å². The third kappa shape index (κ3) is 3.92. The molecule has 19 heavy (non-hydrogen) atoms. The fourth-order valence-electron chi connectivity index (χ4n) is 1.96. The van der Waals surface area contributed by atoms with Crippen LogP contribution in [0.3, 0.4) is 0 Å². The van der Waals surface area contributed by atoms with E-state index in [0.717, 1.165) is 24.2 Å². The molecule has 1 aliphatic heterocycles. The summed E-state index contributed by atoms with van der Waals surface area (Å²) in [6.45, 7) is 2.58. The van der Waals surface area contributed by atoms with Gasteiger partial charge in [-0.25, -0.2) is 8.42 Å². The molecule has 2 atom stereocenters. The Bertz CT molecular complexity index is 569. The molecule has 1 amide bonds. The van der Waals surface area contributed by atoms with Gasteiger partial charge in [0.25, 0.3) is 15.0 Å². The summed E-state index contributed by atoms with van der Waals surface area (Å²) in [5.74, 6) is -0.276. The summed E-state index contributed by atoms with van der Waals surface area (Å²) in [7, 11) is 1.46. The fraction of sp³-hybridized carbons (Fsp3) is 0.545. The van der Waals surface area contributed by atoms with Gasteiger partial charge in [-0.05, 0) is 25.8 Å². The molecule has 8 heteroatoms. The van der Waals surface area contributed by atoms with Gasteiger partial charge >= 0.3 is 0 Å². The first-order valence-corrected chi connectivity index (χ1v) is 9.01. The highest BCUT2D eigenvalue weighted by molar-refractivity contribution is 8.15. The first kappa shape index (κ1) is 14.8. The maximum atomic E-state index is 12.0. The molecule has 1 N–H and O–H groups in total. The molecule has 0 saturated carbocycles. The summed E-state index contributed by atoms with van der Waals surface area (Å²) in [5.41, 5.74) is 0.323. The van der Waals surface area contributed by atoms with E-state index in [4.69, 9.17) is 15.4 Å². The van der Waals surface area contributed by atoms with Crippen LogP contribution in [0, 0.1) is 0 Å². The lowest BCUT2D eigenvalue weighted by molar-refractivity contribution is 0.0136. The third-order valence-corrected chi connectivity index (χ3v) is 5.94. The van der Waals surface area contributed by atoms with Gasteiger partial charge in [0, 0.05) is 28.7 Å². The quantitative estimate of drug-likeness (QED) is 0.863. The minimum atomic E-state index is -3.77. The summed E-state index contributed by atoms with van der Waals surface area (Å²) in [6.07, 6.45) is 1.65. The zero-order valence-electron chi connectivity index (χ0n) is 10.3. The molecule has 5 nitrogen and oxygen atoms in total. The first-order chi connectivity index (χ1) is 8.86. The number of amides is 1. The third-order valence-electron chi connectivity index (χ3n) is 2.90. The van der Waals surface area contributed by atoms with Crippen LogP contribution in [0.2, 0.25) is 0 Å². The highest BCUT2D eigenvalue weighted by Crippen LogP contribution is 2.24. The standard InChI is InChI=1S/C11H14ClNO4S2/c1-7-4-9(2-3-17-7)13-11(14)8-5-10(18-6-8)19(12,15)16/h5-7,9H,2-4H2,1H3,(H,13,14). The van der Waals surface area contributed by atoms with Crippen molar-refractivity contribution < 1.29 is 17.9 Å². The zero-order chi connectivity index (χ0) is 14.0. The number of hydrogen-bond acceptors (Lipinski definition) is 5. The van der Waals surface area contributed by atoms with E-state index >= 15 is 0 Å². The van der Waals surface area contributed by atoms with Crippen LogP contribution in [0.5, 0.6) is 0 Å². The molecule has 1 aliphatic rings.